The van der Waals surface area contributed by atoms with E-state index in [1.807, 2.05) is 62.4 Å². The minimum atomic E-state index is -0.960. The minimum Gasteiger partial charge on any atom is -0.497 e. The molecular weight excluding hydrogens is 422 g/mol. The van der Waals surface area contributed by atoms with Gasteiger partial charge in [0.05, 0.1) is 29.6 Å². The van der Waals surface area contributed by atoms with E-state index >= 15 is 0 Å². The number of hydrogen-bond acceptors (Lipinski definition) is 4. The van der Waals surface area contributed by atoms with Crippen molar-refractivity contribution >= 4 is 26.8 Å². The number of aliphatic hydroxyl groups is 1. The van der Waals surface area contributed by atoms with Crippen LogP contribution in [0.4, 0.5) is 0 Å². The molecule has 2 aromatic carbocycles. The number of para-hydroxylation sites is 1. The van der Waals surface area contributed by atoms with Gasteiger partial charge in [-0.1, -0.05) is 40.2 Å². The van der Waals surface area contributed by atoms with Crippen LogP contribution in [0.25, 0.3) is 10.9 Å². The van der Waals surface area contributed by atoms with Crippen molar-refractivity contribution in [1.82, 2.24) is 4.57 Å². The largest absolute Gasteiger partial charge is 0.497 e. The van der Waals surface area contributed by atoms with Gasteiger partial charge in [0, 0.05) is 5.39 Å². The summed E-state index contributed by atoms with van der Waals surface area (Å²) in [5.74, 6) is 1.24. The number of aliphatic hydroxyl groups excluding tert-OH is 1. The van der Waals surface area contributed by atoms with E-state index in [9.17, 15) is 9.90 Å². The van der Waals surface area contributed by atoms with Crippen molar-refractivity contribution < 1.29 is 14.6 Å². The van der Waals surface area contributed by atoms with Crippen LogP contribution in [0.2, 0.25) is 0 Å². The number of hydrogen-bond donors (Lipinski definition) is 1. The molecule has 1 N–H and O–H groups in total. The number of aromatic nitrogens is 1. The summed E-state index contributed by atoms with van der Waals surface area (Å²) in [6, 6.07) is 15.3. The summed E-state index contributed by atoms with van der Waals surface area (Å²) in [4.78, 5) is 13.0. The number of benzene rings is 2. The van der Waals surface area contributed by atoms with Gasteiger partial charge in [0.25, 0.3) is 5.56 Å². The zero-order valence-corrected chi connectivity index (χ0v) is 17.6. The summed E-state index contributed by atoms with van der Waals surface area (Å²) in [6.07, 6.45) is -0.960. The van der Waals surface area contributed by atoms with E-state index in [-0.39, 0.29) is 5.56 Å². The highest BCUT2D eigenvalue weighted by Crippen LogP contribution is 2.44. The summed E-state index contributed by atoms with van der Waals surface area (Å²) >= 11 is 3.51. The van der Waals surface area contributed by atoms with E-state index in [0.717, 1.165) is 22.2 Å². The van der Waals surface area contributed by atoms with E-state index in [0.29, 0.717) is 17.9 Å². The van der Waals surface area contributed by atoms with Crippen LogP contribution in [0, 0.1) is 0 Å². The van der Waals surface area contributed by atoms with Gasteiger partial charge >= 0.3 is 0 Å². The van der Waals surface area contributed by atoms with Gasteiger partial charge in [0.1, 0.15) is 23.2 Å². The zero-order chi connectivity index (χ0) is 20.1. The summed E-state index contributed by atoms with van der Waals surface area (Å²) in [5.41, 5.74) is 1.16. The lowest BCUT2D eigenvalue weighted by atomic mass is 9.91. The van der Waals surface area contributed by atoms with E-state index in [1.165, 1.54) is 0 Å². The highest BCUT2D eigenvalue weighted by Gasteiger charge is 2.44. The second-order valence-corrected chi connectivity index (χ2v) is 8.54. The van der Waals surface area contributed by atoms with Crippen LogP contribution >= 0.6 is 15.9 Å². The molecular formula is C22H22BrNO4. The molecule has 0 amide bonds. The lowest BCUT2D eigenvalue weighted by Gasteiger charge is -2.40. The molecule has 0 radical (unpaired) electrons. The minimum absolute atomic E-state index is 0.239. The molecule has 0 saturated heterocycles. The van der Waals surface area contributed by atoms with E-state index in [4.69, 9.17) is 9.47 Å². The number of rotatable bonds is 3. The molecule has 28 heavy (non-hydrogen) atoms. The third-order valence-electron chi connectivity index (χ3n) is 5.26. The molecule has 0 aliphatic carbocycles. The second-order valence-electron chi connectivity index (χ2n) is 7.55. The Balaban J connectivity index is 1.93. The smallest absolute Gasteiger partial charge is 0.260 e. The molecule has 0 bridgehead atoms. The summed E-state index contributed by atoms with van der Waals surface area (Å²) in [6.45, 7) is 4.19. The van der Waals surface area contributed by atoms with E-state index < -0.39 is 16.5 Å². The molecule has 0 spiro atoms. The summed E-state index contributed by atoms with van der Waals surface area (Å²) in [7, 11) is 1.62. The van der Waals surface area contributed by atoms with Crippen molar-refractivity contribution in [3.8, 4) is 11.5 Å². The maximum absolute atomic E-state index is 13.4. The Labute approximate surface area is 171 Å². The van der Waals surface area contributed by atoms with Gasteiger partial charge in [-0.2, -0.15) is 0 Å². The average molecular weight is 444 g/mol. The Morgan fingerprint density at radius 1 is 1.18 bits per heavy atom. The molecule has 2 heterocycles. The van der Waals surface area contributed by atoms with Crippen LogP contribution < -0.4 is 15.0 Å². The average Bonchev–Trinajstić information content (AvgIpc) is 2.69. The Morgan fingerprint density at radius 2 is 1.86 bits per heavy atom. The van der Waals surface area contributed by atoms with Gasteiger partial charge in [-0.3, -0.25) is 4.79 Å². The molecule has 0 fully saturated rings. The molecule has 6 heteroatoms. The number of halogens is 1. The monoisotopic (exact) mass is 443 g/mol. The number of pyridine rings is 1. The molecule has 1 aliphatic heterocycles. The van der Waals surface area contributed by atoms with E-state index in [2.05, 4.69) is 15.9 Å². The van der Waals surface area contributed by atoms with Crippen molar-refractivity contribution in [2.45, 2.75) is 36.9 Å². The second kappa shape index (κ2) is 6.94. The number of fused-ring (bicyclic) bond motifs is 3. The predicted octanol–water partition coefficient (Wildman–Crippen LogP) is 4.03. The van der Waals surface area contributed by atoms with Crippen LogP contribution in [0.15, 0.2) is 53.3 Å². The number of methoxy groups -OCH3 is 1. The maximum atomic E-state index is 13.4. The Bertz CT molecular complexity index is 1090. The van der Waals surface area contributed by atoms with Gasteiger partial charge in [-0.05, 0) is 43.7 Å². The molecule has 5 nitrogen and oxygen atoms in total. The molecule has 2 atom stereocenters. The Morgan fingerprint density at radius 3 is 2.54 bits per heavy atom. The van der Waals surface area contributed by atoms with Gasteiger partial charge in [0.2, 0.25) is 0 Å². The van der Waals surface area contributed by atoms with Crippen LogP contribution in [0.5, 0.6) is 11.5 Å². The maximum Gasteiger partial charge on any atom is 0.260 e. The number of ether oxygens (including phenoxy) is 2. The van der Waals surface area contributed by atoms with Gasteiger partial charge in [0.15, 0.2) is 0 Å². The molecule has 3 aromatic rings. The highest BCUT2D eigenvalue weighted by molar-refractivity contribution is 9.09. The van der Waals surface area contributed by atoms with Crippen molar-refractivity contribution in [1.29, 1.82) is 0 Å². The van der Waals surface area contributed by atoms with Crippen molar-refractivity contribution in [3.05, 3.63) is 70.0 Å². The van der Waals surface area contributed by atoms with E-state index in [1.54, 1.807) is 11.7 Å². The lowest BCUT2D eigenvalue weighted by Crippen LogP contribution is -2.48. The first-order valence-electron chi connectivity index (χ1n) is 9.13. The van der Waals surface area contributed by atoms with Crippen molar-refractivity contribution in [2.75, 3.05) is 7.11 Å². The van der Waals surface area contributed by atoms with Crippen LogP contribution in [0.3, 0.4) is 0 Å². The fraction of sp³-hybridized carbons (Fsp3) is 0.318. The molecule has 0 unspecified atom stereocenters. The highest BCUT2D eigenvalue weighted by atomic mass is 79.9. The fourth-order valence-electron chi connectivity index (χ4n) is 3.69. The molecule has 146 valence electrons. The first-order valence-corrected chi connectivity index (χ1v) is 10.0. The SMILES string of the molecule is COc1ccc(Cn2c(=O)c3c(c4ccccc42)OC(C)(C)[C@@H](Br)[C@@H]3O)cc1. The topological polar surface area (TPSA) is 60.7 Å². The molecule has 4 rings (SSSR count). The van der Waals surface area contributed by atoms with Gasteiger partial charge < -0.3 is 19.1 Å². The Kier molecular flexibility index (Phi) is 4.71. The van der Waals surface area contributed by atoms with Crippen LogP contribution in [0.1, 0.15) is 31.1 Å². The quantitative estimate of drug-likeness (QED) is 0.620. The first kappa shape index (κ1) is 19.0. The third-order valence-corrected chi connectivity index (χ3v) is 6.86. The lowest BCUT2D eigenvalue weighted by molar-refractivity contribution is 0.0227. The van der Waals surface area contributed by atoms with Crippen molar-refractivity contribution in [2.24, 2.45) is 0 Å². The molecule has 1 aliphatic rings. The summed E-state index contributed by atoms with van der Waals surface area (Å²) < 4.78 is 13.1. The first-order chi connectivity index (χ1) is 13.3. The zero-order valence-electron chi connectivity index (χ0n) is 16.0. The molecule has 1 aromatic heterocycles. The third kappa shape index (κ3) is 3.01. The van der Waals surface area contributed by atoms with Crippen LogP contribution in [-0.4, -0.2) is 27.2 Å². The Hall–Kier alpha value is -2.31. The van der Waals surface area contributed by atoms with Gasteiger partial charge in [-0.15, -0.1) is 0 Å². The summed E-state index contributed by atoms with van der Waals surface area (Å²) in [5, 5.41) is 11.7. The fourth-order valence-corrected chi connectivity index (χ4v) is 4.04. The number of nitrogens with zero attached hydrogens (tertiary/aromatic N) is 1. The van der Waals surface area contributed by atoms with Gasteiger partial charge in [-0.25, -0.2) is 0 Å². The van der Waals surface area contributed by atoms with Crippen LogP contribution in [-0.2, 0) is 6.54 Å². The molecule has 0 saturated carbocycles. The normalized spacial score (nSPS) is 20.5. The standard InChI is InChI=1S/C22H22BrNO4/c1-22(2)20(23)18(25)17-19(28-22)15-6-4-5-7-16(15)24(21(17)26)12-13-8-10-14(27-3)11-9-13/h4-11,18,20,25H,12H2,1-3H3/t18-,20+/m1/s1. The van der Waals surface area contributed by atoms with Crippen molar-refractivity contribution in [3.63, 3.8) is 0 Å². The predicted molar refractivity (Wildman–Crippen MR) is 113 cm³/mol. The number of alkyl halides is 1.